The van der Waals surface area contributed by atoms with Crippen LogP contribution in [0.2, 0.25) is 0 Å². The number of benzene rings is 1. The number of hydrogen-bond acceptors (Lipinski definition) is 7. The number of Topliss-reactive ketones (excluding diaryl/α,β-unsaturated/α-hetero) is 2. The molecule has 224 valence electrons. The van der Waals surface area contributed by atoms with Crippen LogP contribution in [0.25, 0.3) is 11.3 Å². The van der Waals surface area contributed by atoms with Gasteiger partial charge in [0.15, 0.2) is 11.5 Å². The Kier molecular flexibility index (Phi) is 8.15. The number of ketones is 2. The van der Waals surface area contributed by atoms with Crippen molar-refractivity contribution in [1.82, 2.24) is 15.0 Å². The fraction of sp³-hybridized carbons (Fsp3) is 0.500. The third-order valence-electron chi connectivity index (χ3n) is 8.76. The van der Waals surface area contributed by atoms with Crippen LogP contribution in [0, 0.1) is 22.9 Å². The van der Waals surface area contributed by atoms with E-state index in [4.69, 9.17) is 4.52 Å². The topological polar surface area (TPSA) is 96.5 Å². The zero-order valence-electron chi connectivity index (χ0n) is 24.1. The molecule has 7 nitrogen and oxygen atoms in total. The lowest BCUT2D eigenvalue weighted by molar-refractivity contribution is -0.128. The van der Waals surface area contributed by atoms with Crippen LogP contribution in [0.5, 0.6) is 0 Å². The van der Waals surface area contributed by atoms with Gasteiger partial charge in [-0.2, -0.15) is 0 Å². The number of carbonyl (C=O) groups excluding carboxylic acids is 2. The van der Waals surface area contributed by atoms with Gasteiger partial charge in [-0.25, -0.2) is 13.2 Å². The summed E-state index contributed by atoms with van der Waals surface area (Å²) in [6.45, 7) is 6.44. The molecule has 1 saturated heterocycles. The summed E-state index contributed by atoms with van der Waals surface area (Å²) in [5, 5.41) is 14.2. The summed E-state index contributed by atoms with van der Waals surface area (Å²) in [6, 6.07) is 7.45. The molecule has 0 amide bonds. The molecule has 42 heavy (non-hydrogen) atoms. The molecule has 0 radical (unpaired) electrons. The second kappa shape index (κ2) is 11.4. The molecule has 1 aromatic carbocycles. The van der Waals surface area contributed by atoms with Crippen molar-refractivity contribution in [1.29, 1.82) is 0 Å². The number of likely N-dealkylation sites (tertiary alicyclic amines) is 1. The molecule has 1 N–H and O–H groups in total. The number of halogens is 3. The fourth-order valence-electron chi connectivity index (χ4n) is 6.54. The molecular weight excluding hydrogens is 547 g/mol. The molecule has 10 heteroatoms. The Bertz CT molecular complexity index is 1470. The van der Waals surface area contributed by atoms with E-state index < -0.39 is 33.9 Å². The highest BCUT2D eigenvalue weighted by atomic mass is 19.1. The van der Waals surface area contributed by atoms with Crippen molar-refractivity contribution in [2.75, 3.05) is 13.1 Å². The van der Waals surface area contributed by atoms with E-state index in [9.17, 15) is 27.9 Å². The van der Waals surface area contributed by atoms with Gasteiger partial charge in [0.25, 0.3) is 0 Å². The monoisotopic (exact) mass is 583 g/mol. The standard InChI is InChI=1S/C32H36F3N3O4/c1-30(2,29-24(34)5-4-12-36-29)15-22(39)16-32(18-38(19-32)21-8-10-31(3,41)11-9-21)17-27(40)26-14-28(42-37-26)23-7-6-20(33)13-25(23)35/h4-7,12-14,21,41H,8-11,15-19H2,1-3H3. The largest absolute Gasteiger partial charge is 0.390 e. The molecule has 1 saturated carbocycles. The third kappa shape index (κ3) is 6.49. The Morgan fingerprint density at radius 3 is 2.45 bits per heavy atom. The minimum atomic E-state index is -0.841. The van der Waals surface area contributed by atoms with Gasteiger partial charge in [0.2, 0.25) is 0 Å². The van der Waals surface area contributed by atoms with Crippen LogP contribution in [-0.2, 0) is 10.2 Å². The molecule has 2 aromatic heterocycles. The Balaban J connectivity index is 1.32. The van der Waals surface area contributed by atoms with Gasteiger partial charge < -0.3 is 9.63 Å². The van der Waals surface area contributed by atoms with Gasteiger partial charge in [-0.15, -0.1) is 0 Å². The van der Waals surface area contributed by atoms with Crippen molar-refractivity contribution in [2.45, 2.75) is 82.8 Å². The van der Waals surface area contributed by atoms with E-state index in [0.29, 0.717) is 25.9 Å². The minimum Gasteiger partial charge on any atom is -0.390 e. The van der Waals surface area contributed by atoms with E-state index in [1.54, 1.807) is 13.8 Å². The Morgan fingerprint density at radius 1 is 1.07 bits per heavy atom. The van der Waals surface area contributed by atoms with Gasteiger partial charge in [-0.05, 0) is 56.9 Å². The lowest BCUT2D eigenvalue weighted by atomic mass is 9.68. The van der Waals surface area contributed by atoms with E-state index in [-0.39, 0.29) is 59.6 Å². The minimum absolute atomic E-state index is 0.00333. The molecule has 2 fully saturated rings. The van der Waals surface area contributed by atoms with Crippen LogP contribution in [0.3, 0.4) is 0 Å². The zero-order valence-corrected chi connectivity index (χ0v) is 24.1. The Morgan fingerprint density at radius 2 is 1.79 bits per heavy atom. The van der Waals surface area contributed by atoms with Crippen LogP contribution in [0.1, 0.15) is 81.9 Å². The molecular formula is C32H36F3N3O4. The Hall–Kier alpha value is -3.37. The lowest BCUT2D eigenvalue weighted by Crippen LogP contribution is -2.62. The van der Waals surface area contributed by atoms with Gasteiger partial charge in [0, 0.05) is 67.6 Å². The summed E-state index contributed by atoms with van der Waals surface area (Å²) in [5.41, 5.74) is -1.97. The summed E-state index contributed by atoms with van der Waals surface area (Å²) in [5.74, 6) is -2.48. The summed E-state index contributed by atoms with van der Waals surface area (Å²) >= 11 is 0. The van der Waals surface area contributed by atoms with Crippen LogP contribution in [0.4, 0.5) is 13.2 Å². The van der Waals surface area contributed by atoms with Gasteiger partial charge in [-0.3, -0.25) is 19.5 Å². The zero-order chi connectivity index (χ0) is 30.3. The molecule has 0 bridgehead atoms. The smallest absolute Gasteiger partial charge is 0.185 e. The van der Waals surface area contributed by atoms with E-state index in [0.717, 1.165) is 25.0 Å². The summed E-state index contributed by atoms with van der Waals surface area (Å²) < 4.78 is 47.3. The predicted molar refractivity (Wildman–Crippen MR) is 149 cm³/mol. The first-order chi connectivity index (χ1) is 19.8. The number of rotatable bonds is 10. The van der Waals surface area contributed by atoms with E-state index in [1.165, 1.54) is 30.5 Å². The van der Waals surface area contributed by atoms with Crippen molar-refractivity contribution in [2.24, 2.45) is 5.41 Å². The lowest BCUT2D eigenvalue weighted by Gasteiger charge is -2.54. The number of nitrogens with zero attached hydrogens (tertiary/aromatic N) is 3. The highest BCUT2D eigenvalue weighted by molar-refractivity contribution is 5.96. The number of carbonyl (C=O) groups is 2. The quantitative estimate of drug-likeness (QED) is 0.290. The summed E-state index contributed by atoms with van der Waals surface area (Å²) in [4.78, 5) is 33.3. The molecule has 3 heterocycles. The maximum absolute atomic E-state index is 14.5. The number of hydrogen-bond donors (Lipinski definition) is 1. The molecule has 0 unspecified atom stereocenters. The van der Waals surface area contributed by atoms with Gasteiger partial charge in [-0.1, -0.05) is 19.0 Å². The van der Waals surface area contributed by atoms with Gasteiger partial charge in [0.1, 0.15) is 28.9 Å². The molecule has 0 spiro atoms. The van der Waals surface area contributed by atoms with Crippen LogP contribution >= 0.6 is 0 Å². The predicted octanol–water partition coefficient (Wildman–Crippen LogP) is 6.05. The van der Waals surface area contributed by atoms with E-state index in [2.05, 4.69) is 15.0 Å². The summed E-state index contributed by atoms with van der Waals surface area (Å²) in [7, 11) is 0. The number of aromatic nitrogens is 2. The molecule has 1 aliphatic carbocycles. The first-order valence-corrected chi connectivity index (χ1v) is 14.3. The van der Waals surface area contributed by atoms with Crippen LogP contribution in [-0.4, -0.2) is 56.4 Å². The molecule has 3 aromatic rings. The first kappa shape index (κ1) is 30.1. The maximum Gasteiger partial charge on any atom is 0.185 e. The first-order valence-electron chi connectivity index (χ1n) is 14.3. The highest BCUT2D eigenvalue weighted by Gasteiger charge is 2.49. The van der Waals surface area contributed by atoms with Crippen molar-refractivity contribution >= 4 is 11.6 Å². The van der Waals surface area contributed by atoms with Crippen molar-refractivity contribution < 1.29 is 32.4 Å². The van der Waals surface area contributed by atoms with E-state index >= 15 is 0 Å². The molecule has 1 aliphatic heterocycles. The fourth-order valence-corrected chi connectivity index (χ4v) is 6.54. The Labute approximate surface area is 243 Å². The third-order valence-corrected chi connectivity index (χ3v) is 8.76. The van der Waals surface area contributed by atoms with Gasteiger partial charge in [0.05, 0.1) is 16.9 Å². The van der Waals surface area contributed by atoms with Crippen molar-refractivity contribution in [3.05, 3.63) is 71.4 Å². The number of aliphatic hydroxyl groups is 1. The molecule has 2 aliphatic rings. The molecule has 5 rings (SSSR count). The average molecular weight is 584 g/mol. The maximum atomic E-state index is 14.5. The summed E-state index contributed by atoms with van der Waals surface area (Å²) in [6.07, 6.45) is 4.72. The van der Waals surface area contributed by atoms with Crippen LogP contribution < -0.4 is 0 Å². The normalized spacial score (nSPS) is 22.5. The molecule has 0 atom stereocenters. The highest BCUT2D eigenvalue weighted by Crippen LogP contribution is 2.44. The number of pyridine rings is 1. The second-order valence-corrected chi connectivity index (χ2v) is 13.0. The second-order valence-electron chi connectivity index (χ2n) is 13.0. The SMILES string of the molecule is CC1(O)CCC(N2CC(CC(=O)CC(C)(C)c3ncccc3F)(CC(=O)c3cc(-c4ccc(F)cc4F)on3)C2)CC1. The average Bonchev–Trinajstić information content (AvgIpc) is 3.37. The van der Waals surface area contributed by atoms with Gasteiger partial charge >= 0.3 is 0 Å². The van der Waals surface area contributed by atoms with Crippen molar-refractivity contribution in [3.8, 4) is 11.3 Å². The van der Waals surface area contributed by atoms with Crippen LogP contribution in [0.15, 0.2) is 47.1 Å². The van der Waals surface area contributed by atoms with E-state index in [1.807, 2.05) is 6.92 Å². The van der Waals surface area contributed by atoms with Crippen molar-refractivity contribution in [3.63, 3.8) is 0 Å².